The summed E-state index contributed by atoms with van der Waals surface area (Å²) < 4.78 is 12.5. The van der Waals surface area contributed by atoms with Crippen molar-refractivity contribution < 1.29 is 8.85 Å². The van der Waals surface area contributed by atoms with Crippen molar-refractivity contribution in [1.82, 2.24) is 0 Å². The molecule has 0 spiro atoms. The fraction of sp³-hybridized carbons (Fsp3) is 1.00. The molecule has 0 aromatic rings. The van der Waals surface area contributed by atoms with E-state index in [-0.39, 0.29) is 19.5 Å². The first-order chi connectivity index (χ1) is 12.3. The zero-order chi connectivity index (χ0) is 18.6. The van der Waals surface area contributed by atoms with Crippen LogP contribution in [0.4, 0.5) is 0 Å². The number of hydrogen-bond donors (Lipinski definition) is 0. The predicted molar refractivity (Wildman–Crippen MR) is 119 cm³/mol. The average molecular weight is 389 g/mol. The van der Waals surface area contributed by atoms with Gasteiger partial charge in [-0.3, -0.25) is 0 Å². The molecule has 0 heterocycles. The summed E-state index contributed by atoms with van der Waals surface area (Å²) >= 11 is 0. The van der Waals surface area contributed by atoms with Crippen molar-refractivity contribution in [2.24, 2.45) is 0 Å². The van der Waals surface area contributed by atoms with E-state index in [0.717, 1.165) is 0 Å². The Morgan fingerprint density at radius 2 is 0.960 bits per heavy atom. The van der Waals surface area contributed by atoms with Crippen LogP contribution in [0.5, 0.6) is 0 Å². The highest BCUT2D eigenvalue weighted by Crippen LogP contribution is 2.14. The Bertz CT molecular complexity index is 228. The van der Waals surface area contributed by atoms with E-state index in [4.69, 9.17) is 8.85 Å². The van der Waals surface area contributed by atoms with Gasteiger partial charge in [0.25, 0.3) is 0 Å². The minimum absolute atomic E-state index is 0.298. The van der Waals surface area contributed by atoms with Crippen LogP contribution in [-0.4, -0.2) is 31.7 Å². The summed E-state index contributed by atoms with van der Waals surface area (Å²) in [4.78, 5) is 0. The van der Waals surface area contributed by atoms with Crippen molar-refractivity contribution in [2.45, 2.75) is 135 Å². The Morgan fingerprint density at radius 1 is 0.520 bits per heavy atom. The van der Waals surface area contributed by atoms with Crippen molar-refractivity contribution in [1.29, 1.82) is 0 Å². The number of unbranched alkanes of at least 4 members (excludes halogenated alkanes) is 4. The van der Waals surface area contributed by atoms with Gasteiger partial charge in [0, 0.05) is 12.2 Å². The van der Waals surface area contributed by atoms with Crippen LogP contribution in [0.3, 0.4) is 0 Å². The smallest absolute Gasteiger partial charge is 0.161 e. The summed E-state index contributed by atoms with van der Waals surface area (Å²) in [6, 6.07) is 2.72. The predicted octanol–water partition coefficient (Wildman–Crippen LogP) is 5.91. The standard InChI is InChI=1S/C21H48O2Si2/c1-5-9-11-16-20(14-7-3)22-24-18-13-19-25-23-21(15-8-4)17-12-10-6-2/h20-21H,5-19,24-25H2,1-4H3. The molecule has 0 aliphatic heterocycles. The van der Waals surface area contributed by atoms with Crippen LogP contribution in [0.25, 0.3) is 0 Å². The summed E-state index contributed by atoms with van der Waals surface area (Å²) in [5, 5.41) is 0. The molecule has 0 saturated carbocycles. The number of rotatable bonds is 20. The molecule has 0 N–H and O–H groups in total. The topological polar surface area (TPSA) is 18.5 Å². The fourth-order valence-corrected chi connectivity index (χ4v) is 6.88. The van der Waals surface area contributed by atoms with Gasteiger partial charge in [-0.1, -0.05) is 85.5 Å². The lowest BCUT2D eigenvalue weighted by atomic mass is 10.1. The lowest BCUT2D eigenvalue weighted by molar-refractivity contribution is 0.182. The zero-order valence-corrected chi connectivity index (χ0v) is 20.8. The van der Waals surface area contributed by atoms with E-state index >= 15 is 0 Å². The molecule has 0 aromatic heterocycles. The quantitative estimate of drug-likeness (QED) is 0.190. The summed E-state index contributed by atoms with van der Waals surface area (Å²) in [7, 11) is -0.595. The largest absolute Gasteiger partial charge is 0.421 e. The molecule has 2 unspecified atom stereocenters. The molecule has 25 heavy (non-hydrogen) atoms. The molecule has 0 aliphatic rings. The minimum Gasteiger partial charge on any atom is -0.421 e. The molecule has 0 fully saturated rings. The number of hydrogen-bond acceptors (Lipinski definition) is 2. The maximum Gasteiger partial charge on any atom is 0.161 e. The Kier molecular flexibility index (Phi) is 21.0. The summed E-state index contributed by atoms with van der Waals surface area (Å²) in [6.07, 6.45) is 18.2. The fourth-order valence-electron chi connectivity index (χ4n) is 3.39. The molecule has 0 aromatic carbocycles. The Labute approximate surface area is 164 Å². The molecular formula is C21H48O2Si2. The maximum atomic E-state index is 6.27. The molecule has 152 valence electrons. The molecule has 0 amide bonds. The summed E-state index contributed by atoms with van der Waals surface area (Å²) in [6.45, 7) is 9.14. The maximum absolute atomic E-state index is 6.27. The Hall–Kier alpha value is 0.354. The van der Waals surface area contributed by atoms with Gasteiger partial charge in [0.2, 0.25) is 0 Å². The van der Waals surface area contributed by atoms with Crippen molar-refractivity contribution in [2.75, 3.05) is 0 Å². The second kappa shape index (κ2) is 20.7. The van der Waals surface area contributed by atoms with Gasteiger partial charge in [0.1, 0.15) is 0 Å². The Morgan fingerprint density at radius 3 is 1.32 bits per heavy atom. The van der Waals surface area contributed by atoms with Crippen molar-refractivity contribution in [3.8, 4) is 0 Å². The molecule has 2 atom stereocenters. The SMILES string of the molecule is CCCCCC(CCC)O[SiH2]CCC[SiH2]OC(CCC)CCCCC. The van der Waals surface area contributed by atoms with E-state index in [2.05, 4.69) is 27.7 Å². The first kappa shape index (κ1) is 25.4. The van der Waals surface area contributed by atoms with Crippen LogP contribution < -0.4 is 0 Å². The van der Waals surface area contributed by atoms with Gasteiger partial charge < -0.3 is 8.85 Å². The van der Waals surface area contributed by atoms with Gasteiger partial charge in [0.05, 0.1) is 0 Å². The third-order valence-electron chi connectivity index (χ3n) is 4.98. The van der Waals surface area contributed by atoms with Crippen LogP contribution >= 0.6 is 0 Å². The second-order valence-electron chi connectivity index (χ2n) is 7.62. The lowest BCUT2D eigenvalue weighted by Gasteiger charge is -2.18. The van der Waals surface area contributed by atoms with Gasteiger partial charge in [-0.05, 0) is 37.8 Å². The van der Waals surface area contributed by atoms with Crippen LogP contribution in [0.2, 0.25) is 12.1 Å². The van der Waals surface area contributed by atoms with E-state index in [0.29, 0.717) is 12.2 Å². The van der Waals surface area contributed by atoms with E-state index in [1.165, 1.54) is 95.6 Å². The molecule has 2 nitrogen and oxygen atoms in total. The normalized spacial score (nSPS) is 14.9. The molecule has 0 rings (SSSR count). The molecule has 0 aliphatic carbocycles. The third kappa shape index (κ3) is 17.5. The summed E-state index contributed by atoms with van der Waals surface area (Å²) in [5.74, 6) is 0. The first-order valence-electron chi connectivity index (χ1n) is 11.5. The van der Waals surface area contributed by atoms with Crippen molar-refractivity contribution in [3.63, 3.8) is 0 Å². The Balaban J connectivity index is 3.63. The van der Waals surface area contributed by atoms with Crippen LogP contribution in [-0.2, 0) is 8.85 Å². The second-order valence-corrected chi connectivity index (χ2v) is 10.5. The first-order valence-corrected chi connectivity index (χ1v) is 14.7. The summed E-state index contributed by atoms with van der Waals surface area (Å²) in [5.41, 5.74) is 0. The van der Waals surface area contributed by atoms with E-state index in [1.807, 2.05) is 0 Å². The van der Waals surface area contributed by atoms with Gasteiger partial charge >= 0.3 is 0 Å². The minimum atomic E-state index is -0.298. The third-order valence-corrected chi connectivity index (χ3v) is 7.97. The van der Waals surface area contributed by atoms with E-state index < -0.39 is 0 Å². The van der Waals surface area contributed by atoms with Gasteiger partial charge in [-0.2, -0.15) is 0 Å². The van der Waals surface area contributed by atoms with Gasteiger partial charge in [0.15, 0.2) is 19.5 Å². The van der Waals surface area contributed by atoms with Gasteiger partial charge in [-0.15, -0.1) is 0 Å². The van der Waals surface area contributed by atoms with E-state index in [9.17, 15) is 0 Å². The average Bonchev–Trinajstić information content (AvgIpc) is 2.61. The molecule has 0 radical (unpaired) electrons. The highest BCUT2D eigenvalue weighted by Gasteiger charge is 2.09. The van der Waals surface area contributed by atoms with E-state index in [1.54, 1.807) is 0 Å². The molecule has 4 heteroatoms. The van der Waals surface area contributed by atoms with Crippen LogP contribution in [0.15, 0.2) is 0 Å². The van der Waals surface area contributed by atoms with Crippen LogP contribution in [0.1, 0.15) is 111 Å². The monoisotopic (exact) mass is 388 g/mol. The molecule has 0 saturated heterocycles. The lowest BCUT2D eigenvalue weighted by Crippen LogP contribution is -2.17. The highest BCUT2D eigenvalue weighted by atomic mass is 28.2. The zero-order valence-electron chi connectivity index (χ0n) is 18.0. The molecular weight excluding hydrogens is 340 g/mol. The molecule has 0 bridgehead atoms. The van der Waals surface area contributed by atoms with Crippen molar-refractivity contribution in [3.05, 3.63) is 0 Å². The van der Waals surface area contributed by atoms with Crippen LogP contribution in [0, 0.1) is 0 Å². The van der Waals surface area contributed by atoms with Gasteiger partial charge in [-0.25, -0.2) is 0 Å². The van der Waals surface area contributed by atoms with Crippen molar-refractivity contribution >= 4 is 19.5 Å². The highest BCUT2D eigenvalue weighted by molar-refractivity contribution is 6.29.